The van der Waals surface area contributed by atoms with Gasteiger partial charge in [-0.15, -0.1) is 0 Å². The zero-order valence-corrected chi connectivity index (χ0v) is 18.2. The average Bonchev–Trinajstić information content (AvgIpc) is 2.79. The molecule has 154 valence electrons. The average molecular weight is 407 g/mol. The van der Waals surface area contributed by atoms with Gasteiger partial charge in [-0.05, 0) is 72.5 Å². The van der Waals surface area contributed by atoms with Gasteiger partial charge < -0.3 is 0 Å². The Balaban J connectivity index is 1.50. The minimum atomic E-state index is -0.113. The highest BCUT2D eigenvalue weighted by molar-refractivity contribution is 5.85. The van der Waals surface area contributed by atoms with E-state index in [0.29, 0.717) is 11.8 Å². The lowest BCUT2D eigenvalue weighted by atomic mass is 9.98. The van der Waals surface area contributed by atoms with Crippen molar-refractivity contribution in [3.8, 4) is 11.8 Å². The fourth-order valence-corrected chi connectivity index (χ4v) is 3.83. The normalized spacial score (nSPS) is 10.7. The Labute approximate surface area is 184 Å². The number of hydrogen-bond donors (Lipinski definition) is 0. The molecule has 0 N–H and O–H groups in total. The highest BCUT2D eigenvalue weighted by Crippen LogP contribution is 2.23. The number of aryl methyl sites for hydroxylation is 4. The van der Waals surface area contributed by atoms with E-state index in [0.717, 1.165) is 41.3 Å². The van der Waals surface area contributed by atoms with E-state index in [2.05, 4.69) is 62.1 Å². The van der Waals surface area contributed by atoms with Gasteiger partial charge in [-0.2, -0.15) is 0 Å². The van der Waals surface area contributed by atoms with E-state index in [1.54, 1.807) is 0 Å². The molecule has 0 aliphatic heterocycles. The van der Waals surface area contributed by atoms with Crippen LogP contribution in [0.3, 0.4) is 0 Å². The third-order valence-corrected chi connectivity index (χ3v) is 5.68. The van der Waals surface area contributed by atoms with Crippen LogP contribution < -0.4 is 0 Å². The van der Waals surface area contributed by atoms with E-state index in [1.165, 1.54) is 16.7 Å². The summed E-state index contributed by atoms with van der Waals surface area (Å²) in [6.07, 6.45) is 3.80. The quantitative estimate of drug-likeness (QED) is 0.302. The van der Waals surface area contributed by atoms with E-state index >= 15 is 4.39 Å². The number of fused-ring (bicyclic) bond motifs is 1. The van der Waals surface area contributed by atoms with E-state index < -0.39 is 0 Å². The Morgan fingerprint density at radius 2 is 1.32 bits per heavy atom. The molecule has 0 unspecified atom stereocenters. The van der Waals surface area contributed by atoms with Crippen LogP contribution in [-0.2, 0) is 19.3 Å². The van der Waals surface area contributed by atoms with Gasteiger partial charge in [0, 0.05) is 16.5 Å². The predicted octanol–water partition coefficient (Wildman–Crippen LogP) is 7.42. The van der Waals surface area contributed by atoms with E-state index in [1.807, 2.05) is 42.5 Å². The Hall–Kier alpha value is -3.37. The van der Waals surface area contributed by atoms with E-state index in [4.69, 9.17) is 0 Å². The molecule has 31 heavy (non-hydrogen) atoms. The summed E-state index contributed by atoms with van der Waals surface area (Å²) < 4.78 is 15.1. The lowest BCUT2D eigenvalue weighted by molar-refractivity contribution is 0.620. The first kappa shape index (κ1) is 20.9. The van der Waals surface area contributed by atoms with Gasteiger partial charge in [0.1, 0.15) is 5.82 Å². The summed E-state index contributed by atoms with van der Waals surface area (Å²) in [5, 5.41) is 1.55. The smallest absolute Gasteiger partial charge is 0.134 e. The summed E-state index contributed by atoms with van der Waals surface area (Å²) in [6, 6.07) is 26.5. The number of halogens is 1. The van der Waals surface area contributed by atoms with Crippen molar-refractivity contribution in [2.24, 2.45) is 0 Å². The fourth-order valence-electron chi connectivity index (χ4n) is 3.83. The molecule has 0 nitrogen and oxygen atoms in total. The van der Waals surface area contributed by atoms with Crippen LogP contribution in [0.15, 0.2) is 78.9 Å². The van der Waals surface area contributed by atoms with Crippen molar-refractivity contribution in [2.45, 2.75) is 39.5 Å². The number of hydrogen-bond acceptors (Lipinski definition) is 0. The molecule has 0 aliphatic carbocycles. The Morgan fingerprint density at radius 3 is 2.03 bits per heavy atom. The maximum Gasteiger partial charge on any atom is 0.134 e. The van der Waals surface area contributed by atoms with Crippen LogP contribution in [0.2, 0.25) is 0 Å². The zero-order valence-electron chi connectivity index (χ0n) is 18.2. The number of rotatable bonds is 5. The fraction of sp³-hybridized carbons (Fsp3) is 0.200. The molecule has 0 fully saturated rings. The van der Waals surface area contributed by atoms with E-state index in [-0.39, 0.29) is 5.82 Å². The van der Waals surface area contributed by atoms with Crippen molar-refractivity contribution in [1.82, 2.24) is 0 Å². The number of benzene rings is 4. The standard InChI is InChI=1S/C30H27F/c1-3-4-23-9-11-25(12-10-23)15-17-27-18-19-28-21-26(16-20-29(28)30(27)31)14-13-24-7-5-22(2)6-8-24/h5-12,16,18-21H,3-4,15,17H2,1-2H3. The van der Waals surface area contributed by atoms with Crippen LogP contribution in [0.25, 0.3) is 10.8 Å². The third-order valence-electron chi connectivity index (χ3n) is 5.68. The van der Waals surface area contributed by atoms with Gasteiger partial charge in [0.15, 0.2) is 0 Å². The highest BCUT2D eigenvalue weighted by Gasteiger charge is 2.08. The molecule has 0 spiro atoms. The molecule has 4 aromatic carbocycles. The second-order valence-electron chi connectivity index (χ2n) is 8.16. The first-order valence-electron chi connectivity index (χ1n) is 11.0. The van der Waals surface area contributed by atoms with Gasteiger partial charge in [-0.25, -0.2) is 4.39 Å². The molecule has 0 atom stereocenters. The minimum Gasteiger partial charge on any atom is -0.206 e. The van der Waals surface area contributed by atoms with Gasteiger partial charge in [-0.1, -0.05) is 85.3 Å². The summed E-state index contributed by atoms with van der Waals surface area (Å²) in [6.45, 7) is 4.25. The molecule has 0 radical (unpaired) electrons. The van der Waals surface area contributed by atoms with Crippen LogP contribution in [0.1, 0.15) is 46.7 Å². The predicted molar refractivity (Wildman–Crippen MR) is 129 cm³/mol. The Kier molecular flexibility index (Phi) is 6.48. The topological polar surface area (TPSA) is 0 Å². The molecule has 0 saturated carbocycles. The van der Waals surface area contributed by atoms with Crippen molar-refractivity contribution in [2.75, 3.05) is 0 Å². The zero-order chi connectivity index (χ0) is 21.6. The first-order valence-corrected chi connectivity index (χ1v) is 11.0. The van der Waals surface area contributed by atoms with Crippen LogP contribution in [0, 0.1) is 24.6 Å². The maximum absolute atomic E-state index is 15.1. The molecular weight excluding hydrogens is 379 g/mol. The lowest BCUT2D eigenvalue weighted by Gasteiger charge is -2.08. The van der Waals surface area contributed by atoms with Crippen LogP contribution in [0.4, 0.5) is 4.39 Å². The van der Waals surface area contributed by atoms with Crippen LogP contribution in [-0.4, -0.2) is 0 Å². The summed E-state index contributed by atoms with van der Waals surface area (Å²) in [4.78, 5) is 0. The van der Waals surface area contributed by atoms with Crippen molar-refractivity contribution >= 4 is 10.8 Å². The second-order valence-corrected chi connectivity index (χ2v) is 8.16. The summed E-state index contributed by atoms with van der Waals surface area (Å²) in [5.74, 6) is 6.27. The van der Waals surface area contributed by atoms with Crippen molar-refractivity contribution < 1.29 is 4.39 Å². The third kappa shape index (κ3) is 5.22. The summed E-state index contributed by atoms with van der Waals surface area (Å²) in [7, 11) is 0. The molecule has 1 heteroatoms. The van der Waals surface area contributed by atoms with E-state index in [9.17, 15) is 0 Å². The lowest BCUT2D eigenvalue weighted by Crippen LogP contribution is -1.96. The SMILES string of the molecule is CCCc1ccc(CCc2ccc3cc(C#Cc4ccc(C)cc4)ccc3c2F)cc1. The van der Waals surface area contributed by atoms with Crippen LogP contribution in [0.5, 0.6) is 0 Å². The van der Waals surface area contributed by atoms with Crippen LogP contribution >= 0.6 is 0 Å². The molecule has 0 amide bonds. The van der Waals surface area contributed by atoms with Gasteiger partial charge in [0.25, 0.3) is 0 Å². The first-order chi connectivity index (χ1) is 15.1. The molecule has 0 saturated heterocycles. The van der Waals surface area contributed by atoms with Gasteiger partial charge in [0.2, 0.25) is 0 Å². The minimum absolute atomic E-state index is 0.113. The highest BCUT2D eigenvalue weighted by atomic mass is 19.1. The van der Waals surface area contributed by atoms with Crippen molar-refractivity contribution in [3.05, 3.63) is 118 Å². The molecule has 0 heterocycles. The Morgan fingerprint density at radius 1 is 0.677 bits per heavy atom. The van der Waals surface area contributed by atoms with Gasteiger partial charge in [0.05, 0.1) is 0 Å². The summed E-state index contributed by atoms with van der Waals surface area (Å²) in [5.41, 5.74) is 6.48. The van der Waals surface area contributed by atoms with Gasteiger partial charge >= 0.3 is 0 Å². The van der Waals surface area contributed by atoms with Gasteiger partial charge in [-0.3, -0.25) is 0 Å². The Bertz CT molecular complexity index is 1240. The largest absolute Gasteiger partial charge is 0.206 e. The summed E-state index contributed by atoms with van der Waals surface area (Å²) >= 11 is 0. The van der Waals surface area contributed by atoms with Crippen molar-refractivity contribution in [1.29, 1.82) is 0 Å². The molecule has 0 bridgehead atoms. The van der Waals surface area contributed by atoms with Crippen molar-refractivity contribution in [3.63, 3.8) is 0 Å². The molecule has 0 aromatic heterocycles. The molecule has 4 rings (SSSR count). The monoisotopic (exact) mass is 406 g/mol. The molecular formula is C30H27F. The second kappa shape index (κ2) is 9.63. The maximum atomic E-state index is 15.1. The molecule has 0 aliphatic rings. The molecule has 4 aromatic rings.